The molecule has 6 heteroatoms. The number of fused-ring (bicyclic) bond motifs is 1. The molecule has 0 spiro atoms. The van der Waals surface area contributed by atoms with Crippen LogP contribution in [0.25, 0.3) is 0 Å². The largest absolute Gasteiger partial charge is 0.364 e. The molecular formula is C76H86N6. The predicted molar refractivity (Wildman–Crippen MR) is 345 cm³/mol. The van der Waals surface area contributed by atoms with Crippen molar-refractivity contribution in [2.45, 2.75) is 151 Å². The van der Waals surface area contributed by atoms with Gasteiger partial charge in [-0.15, -0.1) is 0 Å². The first-order valence-corrected chi connectivity index (χ1v) is 31.8. The summed E-state index contributed by atoms with van der Waals surface area (Å²) in [7, 11) is 0. The average molecular weight is 1080 g/mol. The van der Waals surface area contributed by atoms with E-state index in [0.29, 0.717) is 53.9 Å². The van der Waals surface area contributed by atoms with Crippen molar-refractivity contribution in [1.82, 2.24) is 19.6 Å². The van der Waals surface area contributed by atoms with Crippen molar-refractivity contribution in [1.29, 1.82) is 0 Å². The summed E-state index contributed by atoms with van der Waals surface area (Å²) in [5, 5.41) is 0. The molecule has 0 aromatic rings. The lowest BCUT2D eigenvalue weighted by Crippen LogP contribution is -2.57. The van der Waals surface area contributed by atoms with Crippen LogP contribution in [0.4, 0.5) is 0 Å². The van der Waals surface area contributed by atoms with Gasteiger partial charge in [-0.05, 0) is 155 Å². The SMILES string of the molecule is C1=CCCC(N2CCN(C3=CC=C(N(C4C=CC=CC4)C4C=CC(C(C5C=CC=CC5)C(C5=CCC(N(C6=CCC(=NC7C=CC=CC7N=C7C=CCCC7)CC6)C6C=CC=CC6)C=C5)C5C=CC=CC5)=CC4)CC3)C3C=CC=CC32)=C1. The second kappa shape index (κ2) is 25.9. The maximum atomic E-state index is 5.41. The highest BCUT2D eigenvalue weighted by Gasteiger charge is 2.41. The van der Waals surface area contributed by atoms with Gasteiger partial charge in [0, 0.05) is 53.7 Å². The van der Waals surface area contributed by atoms with Gasteiger partial charge in [-0.1, -0.05) is 207 Å². The molecule has 1 aliphatic heterocycles. The van der Waals surface area contributed by atoms with E-state index in [1.807, 2.05) is 0 Å². The van der Waals surface area contributed by atoms with E-state index in [1.165, 1.54) is 51.8 Å². The highest BCUT2D eigenvalue weighted by atomic mass is 15.3. The number of rotatable bonds is 15. The first-order valence-electron chi connectivity index (χ1n) is 31.8. The first kappa shape index (κ1) is 54.1. The fourth-order valence-electron chi connectivity index (χ4n) is 15.6. The van der Waals surface area contributed by atoms with Gasteiger partial charge in [0.15, 0.2) is 0 Å². The lowest BCUT2D eigenvalue weighted by Gasteiger charge is -2.50. The molecule has 0 bridgehead atoms. The van der Waals surface area contributed by atoms with Crippen LogP contribution in [0.5, 0.6) is 0 Å². The Kier molecular flexibility index (Phi) is 17.1. The van der Waals surface area contributed by atoms with E-state index < -0.39 is 0 Å². The van der Waals surface area contributed by atoms with Crippen LogP contribution in [-0.2, 0) is 0 Å². The summed E-state index contributed by atoms with van der Waals surface area (Å²) in [4.78, 5) is 21.6. The van der Waals surface area contributed by atoms with Crippen LogP contribution < -0.4 is 0 Å². The Morgan fingerprint density at radius 2 is 0.963 bits per heavy atom. The predicted octanol–water partition coefficient (Wildman–Crippen LogP) is 16.2. The van der Waals surface area contributed by atoms with Crippen molar-refractivity contribution in [2.75, 3.05) is 13.1 Å². The van der Waals surface area contributed by atoms with Gasteiger partial charge in [-0.25, -0.2) is 0 Å². The minimum absolute atomic E-state index is 0.0657. The van der Waals surface area contributed by atoms with Crippen molar-refractivity contribution in [2.24, 2.45) is 33.7 Å². The molecule has 13 aliphatic rings. The summed E-state index contributed by atoms with van der Waals surface area (Å²) in [6.45, 7) is 2.12. The third kappa shape index (κ3) is 12.2. The van der Waals surface area contributed by atoms with Crippen LogP contribution in [0.1, 0.15) is 103 Å². The zero-order valence-electron chi connectivity index (χ0n) is 48.3. The van der Waals surface area contributed by atoms with E-state index in [-0.39, 0.29) is 18.1 Å². The van der Waals surface area contributed by atoms with Crippen molar-refractivity contribution in [3.63, 3.8) is 0 Å². The molecule has 0 saturated carbocycles. The van der Waals surface area contributed by atoms with Crippen molar-refractivity contribution in [3.8, 4) is 0 Å². The zero-order valence-corrected chi connectivity index (χ0v) is 48.3. The summed E-state index contributed by atoms with van der Waals surface area (Å²) >= 11 is 0. The Bertz CT molecular complexity index is 3160. The van der Waals surface area contributed by atoms with Crippen LogP contribution in [0, 0.1) is 23.7 Å². The maximum Gasteiger partial charge on any atom is 0.0945 e. The molecular weight excluding hydrogens is 997 g/mol. The number of hydrogen-bond acceptors (Lipinski definition) is 6. The molecule has 6 nitrogen and oxygen atoms in total. The second-order valence-corrected chi connectivity index (χ2v) is 24.6. The number of nitrogens with zero attached hydrogens (tertiary/aromatic N) is 6. The summed E-state index contributed by atoms with van der Waals surface area (Å²) < 4.78 is 0. The van der Waals surface area contributed by atoms with Gasteiger partial charge in [0.1, 0.15) is 0 Å². The fraction of sp³-hybridized carbons (Fsp3) is 0.395. The molecule has 0 N–H and O–H groups in total. The van der Waals surface area contributed by atoms with Gasteiger partial charge in [-0.3, -0.25) is 9.98 Å². The number of aliphatic imine (C=N–C) groups is 2. The molecule has 0 radical (unpaired) electrons. The van der Waals surface area contributed by atoms with Crippen LogP contribution in [-0.4, -0.2) is 92.4 Å². The van der Waals surface area contributed by atoms with E-state index in [4.69, 9.17) is 9.98 Å². The molecule has 82 heavy (non-hydrogen) atoms. The van der Waals surface area contributed by atoms with E-state index in [9.17, 15) is 0 Å². The Balaban J connectivity index is 0.745. The number of hydrogen-bond donors (Lipinski definition) is 0. The van der Waals surface area contributed by atoms with E-state index in [2.05, 4.69) is 250 Å². The molecule has 1 heterocycles. The summed E-state index contributed by atoms with van der Waals surface area (Å²) in [5.74, 6) is 1.52. The minimum Gasteiger partial charge on any atom is -0.364 e. The Morgan fingerprint density at radius 3 is 1.46 bits per heavy atom. The average Bonchev–Trinajstić information content (AvgIpc) is 3.67. The highest BCUT2D eigenvalue weighted by Crippen LogP contribution is 2.47. The summed E-state index contributed by atoms with van der Waals surface area (Å²) in [6, 6.07) is 2.11. The topological polar surface area (TPSA) is 37.7 Å². The summed E-state index contributed by atoms with van der Waals surface area (Å²) in [6.07, 6.45) is 108. The van der Waals surface area contributed by atoms with Crippen LogP contribution in [0.3, 0.4) is 0 Å². The minimum atomic E-state index is 0.0657. The lowest BCUT2D eigenvalue weighted by molar-refractivity contribution is 0.104. The Labute approximate surface area is 491 Å². The molecule has 12 atom stereocenters. The standard InChI is InChI=1S/C76H86N6/c1-7-23-57(24-8-1)75(59-39-45-67(46-40-59)81(65-31-15-5-16-32-65)69-49-43-62(44-50-69)78-72-36-20-19-35-71(72)77-61-27-11-3-12-28-61)76(58-25-9-2-10-26-58)60-41-47-68(48-42-60)82(66-33-17-6-18-34-66)70-53-51-64(52-54-70)80-56-55-79(63-29-13-4-14-30-63)73-37-21-22-38-74(73)80/h1-2,4-11,13,15-23,25,27,29,31,33,35-42,45,47,49,51,53,57-58,65-68,71-76H,3,12,14,24,26,28,30,32,34,43-44,46,48,50,52,54-56H2. The normalized spacial score (nSPS) is 33.3. The highest BCUT2D eigenvalue weighted by molar-refractivity contribution is 5.96. The third-order valence-electron chi connectivity index (χ3n) is 19.6. The van der Waals surface area contributed by atoms with Gasteiger partial charge in [0.2, 0.25) is 0 Å². The van der Waals surface area contributed by atoms with Gasteiger partial charge in [-0.2, -0.15) is 0 Å². The molecule has 12 unspecified atom stereocenters. The maximum absolute atomic E-state index is 5.41. The Morgan fingerprint density at radius 1 is 0.402 bits per heavy atom. The van der Waals surface area contributed by atoms with Crippen molar-refractivity contribution in [3.05, 3.63) is 265 Å². The molecule has 0 aromatic heterocycles. The zero-order chi connectivity index (χ0) is 54.9. The quantitative estimate of drug-likeness (QED) is 0.164. The molecule has 13 rings (SSSR count). The molecule has 0 amide bonds. The second-order valence-electron chi connectivity index (χ2n) is 24.6. The summed E-state index contributed by atoms with van der Waals surface area (Å²) in [5.41, 5.74) is 11.5. The molecule has 1 fully saturated rings. The van der Waals surface area contributed by atoms with Gasteiger partial charge in [0.05, 0.1) is 48.3 Å². The van der Waals surface area contributed by atoms with E-state index >= 15 is 0 Å². The van der Waals surface area contributed by atoms with E-state index in [1.54, 1.807) is 0 Å². The first-order chi connectivity index (χ1) is 40.7. The number of piperazine rings is 1. The van der Waals surface area contributed by atoms with Crippen molar-refractivity contribution >= 4 is 11.4 Å². The van der Waals surface area contributed by atoms with E-state index in [0.717, 1.165) is 109 Å². The van der Waals surface area contributed by atoms with Gasteiger partial charge < -0.3 is 19.6 Å². The Hall–Kier alpha value is -7.18. The third-order valence-corrected chi connectivity index (χ3v) is 19.6. The lowest BCUT2D eigenvalue weighted by atomic mass is 9.64. The molecule has 0 aromatic carbocycles. The number of allylic oxidation sites excluding steroid dienone is 32. The van der Waals surface area contributed by atoms with Crippen LogP contribution >= 0.6 is 0 Å². The van der Waals surface area contributed by atoms with Crippen LogP contribution in [0.15, 0.2) is 275 Å². The smallest absolute Gasteiger partial charge is 0.0945 e. The monoisotopic (exact) mass is 1080 g/mol. The molecule has 420 valence electrons. The van der Waals surface area contributed by atoms with Gasteiger partial charge >= 0.3 is 0 Å². The van der Waals surface area contributed by atoms with Gasteiger partial charge in [0.25, 0.3) is 0 Å². The van der Waals surface area contributed by atoms with Crippen LogP contribution in [0.2, 0.25) is 0 Å². The fourth-order valence-corrected chi connectivity index (χ4v) is 15.6. The van der Waals surface area contributed by atoms with Crippen molar-refractivity contribution < 1.29 is 0 Å². The molecule has 12 aliphatic carbocycles. The molecule has 1 saturated heterocycles.